The minimum Gasteiger partial charge on any atom is -1.00 e. The molecule has 0 amide bonds. The number of halogens is 1. The van der Waals surface area contributed by atoms with Crippen LogP contribution in [0.15, 0.2) is 48.5 Å². The summed E-state index contributed by atoms with van der Waals surface area (Å²) in [5, 5.41) is 4.29. The summed E-state index contributed by atoms with van der Waals surface area (Å²) in [6, 6.07) is 15.6. The van der Waals surface area contributed by atoms with Crippen LogP contribution >= 0.6 is 11.8 Å². The van der Waals surface area contributed by atoms with Gasteiger partial charge in [0.1, 0.15) is 22.9 Å². The van der Waals surface area contributed by atoms with Crippen molar-refractivity contribution in [1.29, 1.82) is 0 Å². The summed E-state index contributed by atoms with van der Waals surface area (Å²) in [4.78, 5) is 3.34. The van der Waals surface area contributed by atoms with Crippen LogP contribution in [0.2, 0.25) is 0 Å². The summed E-state index contributed by atoms with van der Waals surface area (Å²) in [7, 11) is 3.32. The van der Waals surface area contributed by atoms with Crippen molar-refractivity contribution in [1.82, 2.24) is 0 Å². The normalized spacial score (nSPS) is 10.6. The van der Waals surface area contributed by atoms with E-state index in [0.717, 1.165) is 28.0 Å². The third-order valence-electron chi connectivity index (χ3n) is 2.90. The molecule has 0 bridgehead atoms. The van der Waals surface area contributed by atoms with Gasteiger partial charge in [0, 0.05) is 0 Å². The molecule has 0 spiro atoms. The number of benzene rings is 2. The van der Waals surface area contributed by atoms with Gasteiger partial charge in [-0.05, 0) is 66.5 Å². The molecule has 0 aliphatic carbocycles. The standard InChI is InChI=1S/C16H18N2O2S.HI/c1-19-14-8-4-12(5-9-14)17-16(21-3)18-13-6-10-15(20-2)11-7-13;/h4-11H,1-3H3,(H,17,18);1H. The van der Waals surface area contributed by atoms with Crippen LogP contribution in [0.4, 0.5) is 11.4 Å². The van der Waals surface area contributed by atoms with Crippen LogP contribution in [0, 0.1) is 0 Å². The van der Waals surface area contributed by atoms with E-state index < -0.39 is 0 Å². The van der Waals surface area contributed by atoms with Crippen molar-refractivity contribution in [3.8, 4) is 11.5 Å². The molecule has 2 aromatic carbocycles. The average molecular weight is 430 g/mol. The highest BCUT2D eigenvalue weighted by Gasteiger charge is 2.07. The Morgan fingerprint density at radius 1 is 0.909 bits per heavy atom. The number of methoxy groups -OCH3 is 2. The average Bonchev–Trinajstić information content (AvgIpc) is 2.55. The molecular weight excluding hydrogens is 411 g/mol. The van der Waals surface area contributed by atoms with Gasteiger partial charge in [-0.3, -0.25) is 0 Å². The molecule has 4 nitrogen and oxygen atoms in total. The van der Waals surface area contributed by atoms with Gasteiger partial charge >= 0.3 is 5.17 Å². The van der Waals surface area contributed by atoms with Crippen LogP contribution in [0.3, 0.4) is 0 Å². The highest BCUT2D eigenvalue weighted by molar-refractivity contribution is 8.13. The zero-order valence-electron chi connectivity index (χ0n) is 12.7. The van der Waals surface area contributed by atoms with Crippen molar-refractivity contribution in [3.05, 3.63) is 48.5 Å². The van der Waals surface area contributed by atoms with E-state index in [2.05, 4.69) is 10.3 Å². The lowest BCUT2D eigenvalue weighted by molar-refractivity contribution is -0.349. The number of amidine groups is 1. The van der Waals surface area contributed by atoms with Gasteiger partial charge in [-0.1, -0.05) is 0 Å². The van der Waals surface area contributed by atoms with Crippen molar-refractivity contribution in [3.63, 3.8) is 0 Å². The third-order valence-corrected chi connectivity index (χ3v) is 3.51. The Kier molecular flexibility index (Phi) is 8.11. The van der Waals surface area contributed by atoms with E-state index in [1.165, 1.54) is 0 Å². The van der Waals surface area contributed by atoms with E-state index in [4.69, 9.17) is 9.47 Å². The van der Waals surface area contributed by atoms with Gasteiger partial charge in [0.05, 0.1) is 14.2 Å². The Morgan fingerprint density at radius 3 is 1.86 bits per heavy atom. The largest absolute Gasteiger partial charge is 1.00 e. The predicted molar refractivity (Wildman–Crippen MR) is 88.8 cm³/mol. The lowest BCUT2D eigenvalue weighted by Crippen LogP contribution is -3.00. The van der Waals surface area contributed by atoms with E-state index in [-0.39, 0.29) is 24.0 Å². The van der Waals surface area contributed by atoms with Gasteiger partial charge in [0.15, 0.2) is 0 Å². The molecule has 118 valence electrons. The maximum Gasteiger partial charge on any atom is 0.313 e. The quantitative estimate of drug-likeness (QED) is 0.381. The minimum absolute atomic E-state index is 0. The number of hydrogen-bond acceptors (Lipinski definition) is 3. The molecule has 0 radical (unpaired) electrons. The fraction of sp³-hybridized carbons (Fsp3) is 0.188. The van der Waals surface area contributed by atoms with Crippen LogP contribution in [-0.4, -0.2) is 25.6 Å². The zero-order valence-corrected chi connectivity index (χ0v) is 15.7. The monoisotopic (exact) mass is 430 g/mol. The van der Waals surface area contributed by atoms with Crippen LogP contribution in [-0.2, 0) is 0 Å². The maximum absolute atomic E-state index is 5.15. The van der Waals surface area contributed by atoms with Gasteiger partial charge in [0.2, 0.25) is 0 Å². The molecule has 0 fully saturated rings. The number of ether oxygens (including phenoxy) is 2. The molecule has 0 aliphatic rings. The Hall–Kier alpha value is -1.41. The van der Waals surface area contributed by atoms with Gasteiger partial charge in [0.25, 0.3) is 0 Å². The van der Waals surface area contributed by atoms with Crippen LogP contribution in [0.5, 0.6) is 11.5 Å². The van der Waals surface area contributed by atoms with Crippen molar-refractivity contribution in [2.45, 2.75) is 0 Å². The predicted octanol–water partition coefficient (Wildman–Crippen LogP) is -0.749. The topological polar surface area (TPSA) is 44.5 Å². The first kappa shape index (κ1) is 18.6. The molecule has 0 aliphatic heterocycles. The Bertz CT molecular complexity index is 601. The van der Waals surface area contributed by atoms with E-state index in [0.29, 0.717) is 0 Å². The molecule has 2 rings (SSSR count). The number of anilines is 1. The molecule has 2 aromatic rings. The Morgan fingerprint density at radius 2 is 1.41 bits per heavy atom. The molecule has 0 heterocycles. The third kappa shape index (κ3) is 5.42. The molecule has 0 atom stereocenters. The lowest BCUT2D eigenvalue weighted by Gasteiger charge is -2.03. The number of thioether (sulfide) groups is 1. The summed E-state index contributed by atoms with van der Waals surface area (Å²) in [5.74, 6) is 1.68. The molecule has 0 saturated carbocycles. The second kappa shape index (κ2) is 9.58. The van der Waals surface area contributed by atoms with E-state index in [1.54, 1.807) is 26.0 Å². The second-order valence-corrected chi connectivity index (χ2v) is 5.06. The number of hydrogen-bond donors (Lipinski definition) is 2. The summed E-state index contributed by atoms with van der Waals surface area (Å²) in [6.07, 6.45) is 2.02. The SMILES string of the molecule is COc1ccc(NC(=[NH+]c2ccc(OC)cc2)SC)cc1.[I-]. The smallest absolute Gasteiger partial charge is 0.313 e. The fourth-order valence-corrected chi connectivity index (χ4v) is 2.18. The molecule has 2 N–H and O–H groups in total. The molecule has 6 heteroatoms. The van der Waals surface area contributed by atoms with Gasteiger partial charge in [-0.2, -0.15) is 0 Å². The van der Waals surface area contributed by atoms with Crippen molar-refractivity contribution < 1.29 is 38.4 Å². The number of nitrogens with one attached hydrogen (secondary N) is 2. The van der Waals surface area contributed by atoms with E-state index in [1.807, 2.05) is 54.8 Å². The van der Waals surface area contributed by atoms with E-state index >= 15 is 0 Å². The Labute approximate surface area is 152 Å². The van der Waals surface area contributed by atoms with Crippen LogP contribution in [0.1, 0.15) is 0 Å². The summed E-state index contributed by atoms with van der Waals surface area (Å²) >= 11 is 1.61. The molecule has 0 aromatic heterocycles. The minimum atomic E-state index is 0. The lowest BCUT2D eigenvalue weighted by atomic mass is 10.3. The molecular formula is C16H19IN2O2S. The number of rotatable bonds is 4. The van der Waals surface area contributed by atoms with Gasteiger partial charge in [-0.25, -0.2) is 10.3 Å². The highest BCUT2D eigenvalue weighted by Crippen LogP contribution is 2.16. The van der Waals surface area contributed by atoms with Crippen molar-refractivity contribution >= 4 is 28.3 Å². The maximum atomic E-state index is 5.15. The van der Waals surface area contributed by atoms with Gasteiger partial charge < -0.3 is 33.5 Å². The van der Waals surface area contributed by atoms with Crippen molar-refractivity contribution in [2.24, 2.45) is 0 Å². The molecule has 22 heavy (non-hydrogen) atoms. The van der Waals surface area contributed by atoms with Crippen LogP contribution in [0.25, 0.3) is 0 Å². The first-order valence-electron chi connectivity index (χ1n) is 6.48. The fourth-order valence-electron chi connectivity index (χ4n) is 1.74. The molecule has 0 saturated heterocycles. The first-order chi connectivity index (χ1) is 10.2. The first-order valence-corrected chi connectivity index (χ1v) is 7.70. The van der Waals surface area contributed by atoms with Gasteiger partial charge in [-0.15, -0.1) is 0 Å². The van der Waals surface area contributed by atoms with E-state index in [9.17, 15) is 0 Å². The summed E-state index contributed by atoms with van der Waals surface area (Å²) in [5.41, 5.74) is 2.00. The Balaban J connectivity index is 0.00000242. The highest BCUT2D eigenvalue weighted by atomic mass is 127. The van der Waals surface area contributed by atoms with Crippen molar-refractivity contribution in [2.75, 3.05) is 25.8 Å². The second-order valence-electron chi connectivity index (χ2n) is 4.24. The van der Waals surface area contributed by atoms with Crippen LogP contribution < -0.4 is 43.8 Å². The summed E-state index contributed by atoms with van der Waals surface area (Å²) in [6.45, 7) is 0. The zero-order chi connectivity index (χ0) is 15.1. The molecule has 0 unspecified atom stereocenters. The summed E-state index contributed by atoms with van der Waals surface area (Å²) < 4.78 is 10.3.